The Morgan fingerprint density at radius 2 is 2.20 bits per heavy atom. The summed E-state index contributed by atoms with van der Waals surface area (Å²) in [5.74, 6) is -0.252. The lowest BCUT2D eigenvalue weighted by Crippen LogP contribution is -2.08. The average Bonchev–Trinajstić information content (AvgIpc) is 2.96. The average molecular weight is 268 g/mol. The second-order valence-electron chi connectivity index (χ2n) is 4.61. The molecule has 0 amide bonds. The topological polar surface area (TPSA) is 76.8 Å². The van der Waals surface area contributed by atoms with Crippen LogP contribution in [-0.2, 0) is 14.1 Å². The van der Waals surface area contributed by atoms with Crippen molar-refractivity contribution in [1.82, 2.24) is 14.1 Å². The van der Waals surface area contributed by atoms with Crippen molar-refractivity contribution in [1.29, 1.82) is 5.26 Å². The van der Waals surface area contributed by atoms with E-state index in [1.54, 1.807) is 36.1 Å². The predicted molar refractivity (Wildman–Crippen MR) is 72.1 cm³/mol. The second-order valence-corrected chi connectivity index (χ2v) is 4.61. The predicted octanol–water partition coefficient (Wildman–Crippen LogP) is 1.52. The van der Waals surface area contributed by atoms with E-state index in [1.165, 1.54) is 4.57 Å². The summed E-state index contributed by atoms with van der Waals surface area (Å²) >= 11 is 0. The molecule has 0 spiro atoms. The number of nitriles is 1. The normalized spacial score (nSPS) is 12.4. The van der Waals surface area contributed by atoms with Gasteiger partial charge in [-0.25, -0.2) is 9.78 Å². The van der Waals surface area contributed by atoms with Gasteiger partial charge in [-0.3, -0.25) is 4.57 Å². The molecule has 2 aromatic heterocycles. The summed E-state index contributed by atoms with van der Waals surface area (Å²) < 4.78 is 8.39. The summed E-state index contributed by atoms with van der Waals surface area (Å²) in [6.07, 6.45) is 3.45. The van der Waals surface area contributed by atoms with E-state index in [0.717, 1.165) is 5.56 Å². The van der Waals surface area contributed by atoms with E-state index in [2.05, 4.69) is 11.1 Å². The summed E-state index contributed by atoms with van der Waals surface area (Å²) in [5, 5.41) is 9.41. The minimum absolute atomic E-state index is 0.414. The van der Waals surface area contributed by atoms with Gasteiger partial charge in [0.05, 0.1) is 11.6 Å². The molecule has 3 rings (SSSR count). The Morgan fingerprint density at radius 1 is 1.40 bits per heavy atom. The molecule has 0 fully saturated rings. The van der Waals surface area contributed by atoms with Crippen LogP contribution >= 0.6 is 0 Å². The van der Waals surface area contributed by atoms with Crippen molar-refractivity contribution in [3.05, 3.63) is 52.5 Å². The van der Waals surface area contributed by atoms with Crippen molar-refractivity contribution >= 4 is 11.1 Å². The molecule has 0 saturated carbocycles. The maximum Gasteiger partial charge on any atom is 0.419 e. The molecule has 1 unspecified atom stereocenters. The molecule has 0 aliphatic rings. The van der Waals surface area contributed by atoms with Crippen LogP contribution in [0.15, 0.2) is 39.8 Å². The van der Waals surface area contributed by atoms with Gasteiger partial charge in [-0.15, -0.1) is 0 Å². The number of hydrogen-bond donors (Lipinski definition) is 0. The Hall–Kier alpha value is -2.81. The molecular formula is C14H12N4O2. The number of hydrogen-bond acceptors (Lipinski definition) is 4. The van der Waals surface area contributed by atoms with Crippen LogP contribution in [0.5, 0.6) is 0 Å². The largest absolute Gasteiger partial charge is 0.419 e. The van der Waals surface area contributed by atoms with E-state index >= 15 is 0 Å². The molecule has 2 heterocycles. The van der Waals surface area contributed by atoms with Crippen LogP contribution in [-0.4, -0.2) is 14.1 Å². The molecule has 6 heteroatoms. The molecule has 0 aliphatic heterocycles. The first-order valence-corrected chi connectivity index (χ1v) is 6.08. The van der Waals surface area contributed by atoms with Gasteiger partial charge in [0.25, 0.3) is 0 Å². The fourth-order valence-corrected chi connectivity index (χ4v) is 2.27. The first-order valence-electron chi connectivity index (χ1n) is 6.08. The second kappa shape index (κ2) is 4.38. The third kappa shape index (κ3) is 1.72. The van der Waals surface area contributed by atoms with Crippen molar-refractivity contribution in [3.8, 4) is 6.07 Å². The minimum atomic E-state index is -0.495. The number of nitrogens with zero attached hydrogens (tertiary/aromatic N) is 4. The van der Waals surface area contributed by atoms with Gasteiger partial charge in [0.2, 0.25) is 0 Å². The summed E-state index contributed by atoms with van der Waals surface area (Å²) in [4.78, 5) is 15.7. The van der Waals surface area contributed by atoms with Gasteiger partial charge < -0.3 is 8.98 Å². The van der Waals surface area contributed by atoms with Gasteiger partial charge in [-0.05, 0) is 17.7 Å². The van der Waals surface area contributed by atoms with E-state index in [0.29, 0.717) is 16.9 Å². The first kappa shape index (κ1) is 12.2. The SMILES string of the molecule is Cn1ccnc1C(C#N)c1ccc2c(c1)oc(=O)n2C. The van der Waals surface area contributed by atoms with Crippen molar-refractivity contribution in [2.45, 2.75) is 5.92 Å². The molecule has 0 saturated heterocycles. The van der Waals surface area contributed by atoms with Crippen LogP contribution in [0.25, 0.3) is 11.1 Å². The monoisotopic (exact) mass is 268 g/mol. The summed E-state index contributed by atoms with van der Waals surface area (Å²) in [5.41, 5.74) is 1.93. The van der Waals surface area contributed by atoms with Crippen molar-refractivity contribution in [2.75, 3.05) is 0 Å². The molecule has 0 radical (unpaired) electrons. The highest BCUT2D eigenvalue weighted by atomic mass is 16.4. The molecule has 3 aromatic rings. The fraction of sp³-hybridized carbons (Fsp3) is 0.214. The maximum atomic E-state index is 11.5. The highest BCUT2D eigenvalue weighted by molar-refractivity contribution is 5.74. The third-order valence-electron chi connectivity index (χ3n) is 3.40. The number of aromatic nitrogens is 3. The standard InChI is InChI=1S/C14H12N4O2/c1-17-6-5-16-13(17)10(8-15)9-3-4-11-12(7-9)20-14(19)18(11)2/h3-7,10H,1-2H3. The molecule has 0 bridgehead atoms. The molecule has 6 nitrogen and oxygen atoms in total. The molecule has 1 atom stereocenters. The Morgan fingerprint density at radius 3 is 2.85 bits per heavy atom. The zero-order chi connectivity index (χ0) is 14.3. The van der Waals surface area contributed by atoms with Crippen molar-refractivity contribution in [3.63, 3.8) is 0 Å². The van der Waals surface area contributed by atoms with Gasteiger partial charge in [0, 0.05) is 26.5 Å². The lowest BCUT2D eigenvalue weighted by molar-refractivity contribution is 0.527. The Bertz CT molecular complexity index is 879. The quantitative estimate of drug-likeness (QED) is 0.706. The third-order valence-corrected chi connectivity index (χ3v) is 3.40. The van der Waals surface area contributed by atoms with Crippen LogP contribution in [0.2, 0.25) is 0 Å². The van der Waals surface area contributed by atoms with Gasteiger partial charge in [-0.1, -0.05) is 6.07 Å². The Labute approximate surface area is 114 Å². The summed E-state index contributed by atoms with van der Waals surface area (Å²) in [6, 6.07) is 7.56. The molecule has 0 N–H and O–H groups in total. The van der Waals surface area contributed by atoms with E-state index in [1.807, 2.05) is 13.1 Å². The van der Waals surface area contributed by atoms with Crippen molar-refractivity contribution in [2.24, 2.45) is 14.1 Å². The van der Waals surface area contributed by atoms with Crippen LogP contribution in [0, 0.1) is 11.3 Å². The summed E-state index contributed by atoms with van der Waals surface area (Å²) in [6.45, 7) is 0. The molecule has 100 valence electrons. The number of oxazole rings is 1. The number of fused-ring (bicyclic) bond motifs is 1. The number of aryl methyl sites for hydroxylation is 2. The van der Waals surface area contributed by atoms with Gasteiger partial charge in [0.15, 0.2) is 5.58 Å². The maximum absolute atomic E-state index is 11.5. The zero-order valence-electron chi connectivity index (χ0n) is 11.1. The minimum Gasteiger partial charge on any atom is -0.408 e. The van der Waals surface area contributed by atoms with Gasteiger partial charge in [-0.2, -0.15) is 5.26 Å². The van der Waals surface area contributed by atoms with Crippen LogP contribution in [0.3, 0.4) is 0 Å². The van der Waals surface area contributed by atoms with Crippen LogP contribution in [0.1, 0.15) is 17.3 Å². The van der Waals surface area contributed by atoms with E-state index in [-0.39, 0.29) is 0 Å². The van der Waals surface area contributed by atoms with E-state index in [9.17, 15) is 10.1 Å². The number of imidazole rings is 1. The fourth-order valence-electron chi connectivity index (χ4n) is 2.27. The zero-order valence-corrected chi connectivity index (χ0v) is 11.1. The highest BCUT2D eigenvalue weighted by Gasteiger charge is 2.19. The van der Waals surface area contributed by atoms with E-state index < -0.39 is 11.7 Å². The summed E-state index contributed by atoms with van der Waals surface area (Å²) in [7, 11) is 3.49. The Balaban J connectivity index is 2.16. The molecule has 1 aromatic carbocycles. The molecule has 20 heavy (non-hydrogen) atoms. The van der Waals surface area contributed by atoms with Crippen LogP contribution < -0.4 is 5.76 Å². The van der Waals surface area contributed by atoms with E-state index in [4.69, 9.17) is 4.42 Å². The number of benzene rings is 1. The smallest absolute Gasteiger partial charge is 0.408 e. The Kier molecular flexibility index (Phi) is 2.68. The van der Waals surface area contributed by atoms with Crippen molar-refractivity contribution < 1.29 is 4.42 Å². The molecular weight excluding hydrogens is 256 g/mol. The molecule has 0 aliphatic carbocycles. The lowest BCUT2D eigenvalue weighted by atomic mass is 9.99. The first-order chi connectivity index (χ1) is 9.61. The number of rotatable bonds is 2. The van der Waals surface area contributed by atoms with Gasteiger partial charge in [0.1, 0.15) is 11.7 Å². The highest BCUT2D eigenvalue weighted by Crippen LogP contribution is 2.25. The lowest BCUT2D eigenvalue weighted by Gasteiger charge is -2.09. The van der Waals surface area contributed by atoms with Gasteiger partial charge >= 0.3 is 5.76 Å². The van der Waals surface area contributed by atoms with Crippen LogP contribution in [0.4, 0.5) is 0 Å².